The van der Waals surface area contributed by atoms with Crippen molar-refractivity contribution in [2.75, 3.05) is 13.1 Å². The average Bonchev–Trinajstić information content (AvgIpc) is 3.29. The quantitative estimate of drug-likeness (QED) is 0.692. The zero-order valence-electron chi connectivity index (χ0n) is 13.8. The first-order valence-corrected chi connectivity index (χ1v) is 8.27. The first-order chi connectivity index (χ1) is 10.1. The van der Waals surface area contributed by atoms with Gasteiger partial charge in [0.1, 0.15) is 0 Å². The van der Waals surface area contributed by atoms with Crippen molar-refractivity contribution < 1.29 is 0 Å². The summed E-state index contributed by atoms with van der Waals surface area (Å²) in [5, 5.41) is 3.61. The van der Waals surface area contributed by atoms with Crippen molar-refractivity contribution in [3.63, 3.8) is 0 Å². The van der Waals surface area contributed by atoms with Crippen molar-refractivity contribution >= 4 is 0 Å². The lowest BCUT2D eigenvalue weighted by Crippen LogP contribution is -2.30. The predicted octanol–water partition coefficient (Wildman–Crippen LogP) is 3.94. The molecule has 1 atom stereocenters. The van der Waals surface area contributed by atoms with Crippen molar-refractivity contribution in [1.29, 1.82) is 0 Å². The Kier molecular flexibility index (Phi) is 6.01. The van der Waals surface area contributed by atoms with Gasteiger partial charge in [0.05, 0.1) is 0 Å². The van der Waals surface area contributed by atoms with Gasteiger partial charge in [0.15, 0.2) is 0 Å². The summed E-state index contributed by atoms with van der Waals surface area (Å²) in [5.41, 5.74) is 2.82. The van der Waals surface area contributed by atoms with Crippen molar-refractivity contribution in [1.82, 2.24) is 10.2 Å². The third kappa shape index (κ3) is 5.29. The molecular weight excluding hydrogens is 256 g/mol. The first-order valence-electron chi connectivity index (χ1n) is 8.27. The van der Waals surface area contributed by atoms with Crippen molar-refractivity contribution in [3.8, 4) is 0 Å². The molecule has 0 aromatic heterocycles. The van der Waals surface area contributed by atoms with Crippen molar-refractivity contribution in [2.24, 2.45) is 0 Å². The molecule has 2 nitrogen and oxygen atoms in total. The molecule has 1 aromatic carbocycles. The monoisotopic (exact) mass is 286 g/mol. The van der Waals surface area contributed by atoms with Crippen LogP contribution in [0.2, 0.25) is 0 Å². The van der Waals surface area contributed by atoms with Crippen LogP contribution in [0.4, 0.5) is 0 Å². The van der Waals surface area contributed by atoms with Gasteiger partial charge in [-0.1, -0.05) is 37.3 Å². The van der Waals surface area contributed by atoms with E-state index in [-0.39, 0.29) is 0 Å². The van der Waals surface area contributed by atoms with Gasteiger partial charge in [0, 0.05) is 31.7 Å². The smallest absolute Gasteiger partial charge is 0.0239 e. The molecule has 116 valence electrons. The summed E-state index contributed by atoms with van der Waals surface area (Å²) in [6, 6.07) is 10.5. The Labute approximate surface area is 130 Å². The summed E-state index contributed by atoms with van der Waals surface area (Å²) in [5.74, 6) is 0.592. The molecule has 0 bridgehead atoms. The van der Waals surface area contributed by atoms with Crippen LogP contribution in [0.1, 0.15) is 50.7 Å². The summed E-state index contributed by atoms with van der Waals surface area (Å²) >= 11 is 0. The van der Waals surface area contributed by atoms with E-state index in [1.165, 1.54) is 24.0 Å². The average molecular weight is 286 g/mol. The third-order valence-electron chi connectivity index (χ3n) is 4.32. The fourth-order valence-corrected chi connectivity index (χ4v) is 2.56. The Balaban J connectivity index is 1.88. The Hall–Kier alpha value is -1.12. The fourth-order valence-electron chi connectivity index (χ4n) is 2.56. The molecule has 0 radical (unpaired) electrons. The van der Waals surface area contributed by atoms with Crippen LogP contribution in [-0.2, 0) is 6.54 Å². The molecule has 21 heavy (non-hydrogen) atoms. The Morgan fingerprint density at radius 3 is 2.43 bits per heavy atom. The molecule has 2 heteroatoms. The van der Waals surface area contributed by atoms with Gasteiger partial charge in [-0.2, -0.15) is 0 Å². The first kappa shape index (κ1) is 16.3. The Morgan fingerprint density at radius 1 is 1.24 bits per heavy atom. The van der Waals surface area contributed by atoms with E-state index in [4.69, 9.17) is 0 Å². The summed E-state index contributed by atoms with van der Waals surface area (Å²) in [7, 11) is 0. The van der Waals surface area contributed by atoms with Crippen molar-refractivity contribution in [2.45, 2.75) is 58.2 Å². The van der Waals surface area contributed by atoms with Gasteiger partial charge in [-0.25, -0.2) is 0 Å². The molecule has 0 spiro atoms. The molecule has 0 saturated heterocycles. The van der Waals surface area contributed by atoms with Crippen molar-refractivity contribution in [3.05, 3.63) is 48.0 Å². The largest absolute Gasteiger partial charge is 0.313 e. The zero-order chi connectivity index (χ0) is 15.2. The minimum atomic E-state index is 0.546. The molecule has 1 aromatic rings. The highest BCUT2D eigenvalue weighted by Crippen LogP contribution is 2.21. The van der Waals surface area contributed by atoms with Crippen LogP contribution in [0.15, 0.2) is 36.9 Å². The maximum absolute atomic E-state index is 3.85. The molecule has 2 rings (SSSR count). The summed E-state index contributed by atoms with van der Waals surface area (Å²) in [6.07, 6.45) is 4.71. The third-order valence-corrected chi connectivity index (χ3v) is 4.32. The molecule has 0 aliphatic heterocycles. The molecule has 0 heterocycles. The van der Waals surface area contributed by atoms with Gasteiger partial charge in [-0.3, -0.25) is 4.90 Å². The highest BCUT2D eigenvalue weighted by molar-refractivity contribution is 5.25. The number of hydrogen-bond acceptors (Lipinski definition) is 2. The van der Waals surface area contributed by atoms with E-state index in [0.717, 1.165) is 25.7 Å². The number of hydrogen-bond donors (Lipinski definition) is 1. The fraction of sp³-hybridized carbons (Fsp3) is 0.579. The van der Waals surface area contributed by atoms with E-state index in [1.807, 2.05) is 6.08 Å². The minimum Gasteiger partial charge on any atom is -0.313 e. The molecule has 1 N–H and O–H groups in total. The highest BCUT2D eigenvalue weighted by Gasteiger charge is 2.21. The molecule has 0 amide bonds. The van der Waals surface area contributed by atoms with Crippen LogP contribution in [0.25, 0.3) is 0 Å². The number of benzene rings is 1. The SMILES string of the molecule is C=CCN(Cc1ccc(C(C)CNC2CC2)cc1)C(C)C. The van der Waals surface area contributed by atoms with Crippen LogP contribution >= 0.6 is 0 Å². The topological polar surface area (TPSA) is 15.3 Å². The van der Waals surface area contributed by atoms with Gasteiger partial charge in [-0.05, 0) is 43.7 Å². The number of nitrogens with one attached hydrogen (secondary N) is 1. The summed E-state index contributed by atoms with van der Waals surface area (Å²) in [6.45, 7) is 13.7. The number of rotatable bonds is 9. The van der Waals surface area contributed by atoms with Crippen LogP contribution in [0.5, 0.6) is 0 Å². The highest BCUT2D eigenvalue weighted by atomic mass is 15.1. The van der Waals surface area contributed by atoms with E-state index in [2.05, 4.69) is 61.8 Å². The standard InChI is InChI=1S/C19H30N2/c1-5-12-21(15(2)3)14-17-6-8-18(9-7-17)16(4)13-20-19-10-11-19/h5-9,15-16,19-20H,1,10-14H2,2-4H3. The second kappa shape index (κ2) is 7.77. The minimum absolute atomic E-state index is 0.546. The molecular formula is C19H30N2. The van der Waals surface area contributed by atoms with E-state index >= 15 is 0 Å². The van der Waals surface area contributed by atoms with Gasteiger partial charge in [0.25, 0.3) is 0 Å². The lowest BCUT2D eigenvalue weighted by atomic mass is 9.99. The Bertz CT molecular complexity index is 431. The molecule has 1 aliphatic rings. The van der Waals surface area contributed by atoms with Crippen LogP contribution in [0.3, 0.4) is 0 Å². The Morgan fingerprint density at radius 2 is 1.90 bits per heavy atom. The van der Waals surface area contributed by atoms with E-state index in [0.29, 0.717) is 12.0 Å². The second-order valence-electron chi connectivity index (χ2n) is 6.64. The molecule has 1 saturated carbocycles. The van der Waals surface area contributed by atoms with Crippen LogP contribution in [0, 0.1) is 0 Å². The lowest BCUT2D eigenvalue weighted by Gasteiger charge is -2.25. The zero-order valence-corrected chi connectivity index (χ0v) is 13.8. The molecule has 1 unspecified atom stereocenters. The maximum atomic E-state index is 3.85. The lowest BCUT2D eigenvalue weighted by molar-refractivity contribution is 0.237. The van der Waals surface area contributed by atoms with E-state index in [9.17, 15) is 0 Å². The van der Waals surface area contributed by atoms with Crippen LogP contribution < -0.4 is 5.32 Å². The molecule has 1 fully saturated rings. The predicted molar refractivity (Wildman–Crippen MR) is 91.6 cm³/mol. The van der Waals surface area contributed by atoms with Crippen LogP contribution in [-0.4, -0.2) is 30.1 Å². The van der Waals surface area contributed by atoms with Gasteiger partial charge in [-0.15, -0.1) is 6.58 Å². The molecule has 1 aliphatic carbocycles. The van der Waals surface area contributed by atoms with E-state index in [1.54, 1.807) is 0 Å². The van der Waals surface area contributed by atoms with Gasteiger partial charge < -0.3 is 5.32 Å². The summed E-state index contributed by atoms with van der Waals surface area (Å²) in [4.78, 5) is 2.43. The second-order valence-corrected chi connectivity index (χ2v) is 6.64. The maximum Gasteiger partial charge on any atom is 0.0239 e. The van der Waals surface area contributed by atoms with E-state index < -0.39 is 0 Å². The summed E-state index contributed by atoms with van der Waals surface area (Å²) < 4.78 is 0. The van der Waals surface area contributed by atoms with Gasteiger partial charge in [0.2, 0.25) is 0 Å². The normalized spacial score (nSPS) is 16.4. The number of nitrogens with zero attached hydrogens (tertiary/aromatic N) is 1. The van der Waals surface area contributed by atoms with Gasteiger partial charge >= 0.3 is 0 Å².